The predicted octanol–water partition coefficient (Wildman–Crippen LogP) is 1.51. The van der Waals surface area contributed by atoms with E-state index in [0.717, 1.165) is 16.7 Å². The molecule has 0 unspecified atom stereocenters. The average molecular weight is 219 g/mol. The highest BCUT2D eigenvalue weighted by Crippen LogP contribution is 2.17. The van der Waals surface area contributed by atoms with Gasteiger partial charge in [-0.25, -0.2) is 0 Å². The van der Waals surface area contributed by atoms with Crippen LogP contribution in [-0.4, -0.2) is 35.1 Å². The summed E-state index contributed by atoms with van der Waals surface area (Å²) in [6.45, 7) is 5.09. The molecule has 0 radical (unpaired) electrons. The number of aliphatic hydroxyl groups is 1. The van der Waals surface area contributed by atoms with E-state index in [9.17, 15) is 9.90 Å². The molecule has 1 aliphatic heterocycles. The van der Waals surface area contributed by atoms with Crippen molar-refractivity contribution >= 4 is 5.91 Å². The Balaban J connectivity index is 2.21. The highest BCUT2D eigenvalue weighted by Gasteiger charge is 2.25. The molecule has 1 atom stereocenters. The molecule has 1 aromatic rings. The van der Waals surface area contributed by atoms with Crippen molar-refractivity contribution < 1.29 is 9.90 Å². The third-order valence-electron chi connectivity index (χ3n) is 3.06. The molecular formula is C13H17NO2. The Hall–Kier alpha value is -1.35. The first-order valence-corrected chi connectivity index (χ1v) is 5.62. The minimum absolute atomic E-state index is 0.0362. The minimum Gasteiger partial charge on any atom is -0.391 e. The van der Waals surface area contributed by atoms with E-state index in [0.29, 0.717) is 19.5 Å². The number of likely N-dealkylation sites (tertiary alicyclic amines) is 1. The normalized spacial score (nSPS) is 20.2. The number of carbonyl (C=O) groups is 1. The van der Waals surface area contributed by atoms with Gasteiger partial charge >= 0.3 is 0 Å². The second-order valence-electron chi connectivity index (χ2n) is 4.51. The fourth-order valence-corrected chi connectivity index (χ4v) is 2.15. The van der Waals surface area contributed by atoms with Crippen LogP contribution in [0.3, 0.4) is 0 Å². The molecule has 86 valence electrons. The molecule has 1 heterocycles. The lowest BCUT2D eigenvalue weighted by Gasteiger charge is -2.17. The van der Waals surface area contributed by atoms with Gasteiger partial charge in [0.25, 0.3) is 5.91 Å². The lowest BCUT2D eigenvalue weighted by molar-refractivity contribution is 0.0764. The van der Waals surface area contributed by atoms with Crippen molar-refractivity contribution in [2.75, 3.05) is 13.1 Å². The zero-order valence-corrected chi connectivity index (χ0v) is 9.73. The molecule has 16 heavy (non-hydrogen) atoms. The summed E-state index contributed by atoms with van der Waals surface area (Å²) in [6, 6.07) is 5.84. The summed E-state index contributed by atoms with van der Waals surface area (Å²) in [5.41, 5.74) is 2.92. The lowest BCUT2D eigenvalue weighted by Crippen LogP contribution is -2.30. The minimum atomic E-state index is -0.352. The molecule has 1 aliphatic rings. The standard InChI is InChI=1S/C13H17NO2/c1-9-3-4-12(10(2)7-9)13(16)14-6-5-11(15)8-14/h3-4,7,11,15H,5-6,8H2,1-2H3/t11-/m1/s1. The summed E-state index contributed by atoms with van der Waals surface area (Å²) < 4.78 is 0. The number of aryl methyl sites for hydroxylation is 2. The molecule has 2 rings (SSSR count). The Bertz CT molecular complexity index is 414. The number of β-amino-alcohol motifs (C(OH)–C–C–N with tert-alkyl or cyclic N) is 1. The summed E-state index contributed by atoms with van der Waals surface area (Å²) in [6.07, 6.45) is 0.339. The monoisotopic (exact) mass is 219 g/mol. The van der Waals surface area contributed by atoms with Crippen LogP contribution >= 0.6 is 0 Å². The van der Waals surface area contributed by atoms with E-state index in [1.165, 1.54) is 0 Å². The number of hydrogen-bond donors (Lipinski definition) is 1. The van der Waals surface area contributed by atoms with E-state index in [1.807, 2.05) is 32.0 Å². The number of amides is 1. The van der Waals surface area contributed by atoms with Crippen LogP contribution in [0.5, 0.6) is 0 Å². The predicted molar refractivity (Wildman–Crippen MR) is 62.4 cm³/mol. The van der Waals surface area contributed by atoms with Gasteiger partial charge in [0, 0.05) is 18.7 Å². The molecule has 1 fully saturated rings. The second kappa shape index (κ2) is 4.26. The van der Waals surface area contributed by atoms with Crippen LogP contribution in [0.15, 0.2) is 18.2 Å². The molecule has 0 bridgehead atoms. The van der Waals surface area contributed by atoms with Gasteiger partial charge in [0.1, 0.15) is 0 Å². The number of carbonyl (C=O) groups excluding carboxylic acids is 1. The van der Waals surface area contributed by atoms with Crippen LogP contribution in [0.2, 0.25) is 0 Å². The Morgan fingerprint density at radius 2 is 2.19 bits per heavy atom. The number of rotatable bonds is 1. The highest BCUT2D eigenvalue weighted by molar-refractivity contribution is 5.95. The van der Waals surface area contributed by atoms with Crippen molar-refractivity contribution in [3.63, 3.8) is 0 Å². The van der Waals surface area contributed by atoms with E-state index in [1.54, 1.807) is 4.90 Å². The van der Waals surface area contributed by atoms with Crippen LogP contribution in [0.25, 0.3) is 0 Å². The van der Waals surface area contributed by atoms with E-state index < -0.39 is 0 Å². The maximum Gasteiger partial charge on any atom is 0.254 e. The molecule has 1 amide bonds. The zero-order valence-electron chi connectivity index (χ0n) is 9.73. The van der Waals surface area contributed by atoms with Crippen molar-refractivity contribution in [2.24, 2.45) is 0 Å². The maximum absolute atomic E-state index is 12.1. The van der Waals surface area contributed by atoms with Crippen molar-refractivity contribution in [1.82, 2.24) is 4.90 Å². The molecule has 0 aliphatic carbocycles. The first kappa shape index (κ1) is 11.1. The summed E-state index contributed by atoms with van der Waals surface area (Å²) in [7, 11) is 0. The van der Waals surface area contributed by atoms with E-state index in [-0.39, 0.29) is 12.0 Å². The molecule has 3 nitrogen and oxygen atoms in total. The molecule has 1 N–H and O–H groups in total. The maximum atomic E-state index is 12.1. The van der Waals surface area contributed by atoms with Gasteiger partial charge in [-0.1, -0.05) is 17.7 Å². The molecule has 3 heteroatoms. The zero-order chi connectivity index (χ0) is 11.7. The van der Waals surface area contributed by atoms with Gasteiger partial charge in [-0.15, -0.1) is 0 Å². The third-order valence-corrected chi connectivity index (χ3v) is 3.06. The van der Waals surface area contributed by atoms with Crippen molar-refractivity contribution in [3.05, 3.63) is 34.9 Å². The fourth-order valence-electron chi connectivity index (χ4n) is 2.15. The SMILES string of the molecule is Cc1ccc(C(=O)N2CC[C@@H](O)C2)c(C)c1. The number of benzene rings is 1. The van der Waals surface area contributed by atoms with Crippen molar-refractivity contribution in [2.45, 2.75) is 26.4 Å². The van der Waals surface area contributed by atoms with E-state index in [2.05, 4.69) is 0 Å². The van der Waals surface area contributed by atoms with Gasteiger partial charge in [0.15, 0.2) is 0 Å². The van der Waals surface area contributed by atoms with Crippen molar-refractivity contribution in [3.8, 4) is 0 Å². The lowest BCUT2D eigenvalue weighted by atomic mass is 10.0. The van der Waals surface area contributed by atoms with Gasteiger partial charge in [0.2, 0.25) is 0 Å². The van der Waals surface area contributed by atoms with Crippen LogP contribution in [0.1, 0.15) is 27.9 Å². The molecule has 0 aromatic heterocycles. The smallest absolute Gasteiger partial charge is 0.254 e. The molecule has 0 saturated carbocycles. The first-order chi connectivity index (χ1) is 7.58. The number of aliphatic hydroxyl groups excluding tert-OH is 1. The topological polar surface area (TPSA) is 40.5 Å². The average Bonchev–Trinajstić information content (AvgIpc) is 2.64. The Morgan fingerprint density at radius 1 is 1.44 bits per heavy atom. The summed E-state index contributed by atoms with van der Waals surface area (Å²) in [5.74, 6) is 0.0362. The number of hydrogen-bond acceptors (Lipinski definition) is 2. The van der Waals surface area contributed by atoms with Crippen LogP contribution < -0.4 is 0 Å². The van der Waals surface area contributed by atoms with Gasteiger partial charge in [-0.05, 0) is 31.9 Å². The van der Waals surface area contributed by atoms with E-state index >= 15 is 0 Å². The summed E-state index contributed by atoms with van der Waals surface area (Å²) in [5, 5.41) is 9.41. The van der Waals surface area contributed by atoms with Crippen molar-refractivity contribution in [1.29, 1.82) is 0 Å². The molecule has 0 spiro atoms. The van der Waals surface area contributed by atoms with E-state index in [4.69, 9.17) is 0 Å². The molecule has 1 saturated heterocycles. The fraction of sp³-hybridized carbons (Fsp3) is 0.462. The third kappa shape index (κ3) is 2.09. The largest absolute Gasteiger partial charge is 0.391 e. The van der Waals surface area contributed by atoms with Gasteiger partial charge in [-0.3, -0.25) is 4.79 Å². The highest BCUT2D eigenvalue weighted by atomic mass is 16.3. The Labute approximate surface area is 95.7 Å². The second-order valence-corrected chi connectivity index (χ2v) is 4.51. The van der Waals surface area contributed by atoms with Gasteiger partial charge < -0.3 is 10.0 Å². The first-order valence-electron chi connectivity index (χ1n) is 5.62. The quantitative estimate of drug-likeness (QED) is 0.777. The summed E-state index contributed by atoms with van der Waals surface area (Å²) >= 11 is 0. The van der Waals surface area contributed by atoms with Gasteiger partial charge in [-0.2, -0.15) is 0 Å². The summed E-state index contributed by atoms with van der Waals surface area (Å²) in [4.78, 5) is 13.9. The van der Waals surface area contributed by atoms with Crippen LogP contribution in [0, 0.1) is 13.8 Å². The molecular weight excluding hydrogens is 202 g/mol. The van der Waals surface area contributed by atoms with Gasteiger partial charge in [0.05, 0.1) is 6.10 Å². The Morgan fingerprint density at radius 3 is 2.75 bits per heavy atom. The number of nitrogens with zero attached hydrogens (tertiary/aromatic N) is 1. The molecule has 1 aromatic carbocycles. The van der Waals surface area contributed by atoms with Crippen LogP contribution in [0.4, 0.5) is 0 Å². The Kier molecular flexibility index (Phi) is 2.97. The van der Waals surface area contributed by atoms with Crippen LogP contribution in [-0.2, 0) is 0 Å².